The van der Waals surface area contributed by atoms with Crippen molar-refractivity contribution < 1.29 is 28.6 Å². The molecule has 0 bridgehead atoms. The lowest BCUT2D eigenvalue weighted by atomic mass is 10.0. The van der Waals surface area contributed by atoms with Crippen molar-refractivity contribution in [1.29, 1.82) is 0 Å². The minimum atomic E-state index is -0.790. The van der Waals surface area contributed by atoms with Crippen LogP contribution in [0.4, 0.5) is 0 Å². The van der Waals surface area contributed by atoms with Crippen LogP contribution in [0.5, 0.6) is 0 Å². The Morgan fingerprint density at radius 2 is 0.476 bits per heavy atom. The van der Waals surface area contributed by atoms with Gasteiger partial charge in [0.15, 0.2) is 6.10 Å². The van der Waals surface area contributed by atoms with E-state index in [-0.39, 0.29) is 31.1 Å². The van der Waals surface area contributed by atoms with E-state index in [1.54, 1.807) is 0 Å². The van der Waals surface area contributed by atoms with Crippen molar-refractivity contribution in [3.63, 3.8) is 0 Å². The number of unbranched alkanes of at least 4 members (excludes halogenated alkanes) is 43. The SMILES string of the molecule is CC/C=C\C/C=C\C/C=C\C/C=C\CCCCCCCCC(=O)OC(COC(=O)CCCCCCC/C=C\C/C=C\CCCCC)COC(=O)CCCCCCCCCCCCCCCCCCCCCCCCCCCCCCCC. The Hall–Kier alpha value is -3.15. The summed E-state index contributed by atoms with van der Waals surface area (Å²) in [7, 11) is 0. The Kier molecular flexibility index (Phi) is 67.6. The topological polar surface area (TPSA) is 78.9 Å². The Morgan fingerprint density at radius 1 is 0.256 bits per heavy atom. The lowest BCUT2D eigenvalue weighted by Crippen LogP contribution is -2.30. The molecule has 0 N–H and O–H groups in total. The number of carbonyl (C=O) groups excluding carboxylic acids is 3. The first-order chi connectivity index (χ1) is 40.5. The summed E-state index contributed by atoms with van der Waals surface area (Å²) in [5.74, 6) is -0.892. The molecule has 1 atom stereocenters. The molecule has 0 amide bonds. The molecule has 0 saturated heterocycles. The summed E-state index contributed by atoms with van der Waals surface area (Å²) in [4.78, 5) is 38.4. The molecule has 0 aliphatic rings. The first-order valence-electron chi connectivity index (χ1n) is 35.9. The van der Waals surface area contributed by atoms with Crippen LogP contribution in [0.2, 0.25) is 0 Å². The van der Waals surface area contributed by atoms with Gasteiger partial charge in [-0.15, -0.1) is 0 Å². The largest absolute Gasteiger partial charge is 0.462 e. The van der Waals surface area contributed by atoms with Crippen molar-refractivity contribution >= 4 is 17.9 Å². The highest BCUT2D eigenvalue weighted by atomic mass is 16.6. The quantitative estimate of drug-likeness (QED) is 0.0261. The van der Waals surface area contributed by atoms with Crippen molar-refractivity contribution in [2.75, 3.05) is 13.2 Å². The molecule has 0 aromatic carbocycles. The van der Waals surface area contributed by atoms with Crippen LogP contribution < -0.4 is 0 Å². The molecular weight excluding hydrogens is 1010 g/mol. The van der Waals surface area contributed by atoms with E-state index in [1.165, 1.54) is 218 Å². The Bertz CT molecular complexity index is 1500. The van der Waals surface area contributed by atoms with Gasteiger partial charge in [0.2, 0.25) is 0 Å². The fraction of sp³-hybridized carbons (Fsp3) is 0.803. The second-order valence-corrected chi connectivity index (χ2v) is 24.1. The van der Waals surface area contributed by atoms with Crippen LogP contribution >= 0.6 is 0 Å². The van der Waals surface area contributed by atoms with Crippen LogP contribution in [0.25, 0.3) is 0 Å². The average Bonchev–Trinajstić information content (AvgIpc) is 3.47. The van der Waals surface area contributed by atoms with Gasteiger partial charge < -0.3 is 14.2 Å². The van der Waals surface area contributed by atoms with Gasteiger partial charge in [-0.25, -0.2) is 0 Å². The molecular formula is C76H136O6. The van der Waals surface area contributed by atoms with Crippen molar-refractivity contribution in [2.24, 2.45) is 0 Å². The maximum Gasteiger partial charge on any atom is 0.306 e. The third kappa shape index (κ3) is 67.6. The first kappa shape index (κ1) is 78.8. The fourth-order valence-corrected chi connectivity index (χ4v) is 10.6. The summed E-state index contributed by atoms with van der Waals surface area (Å²) in [6, 6.07) is 0. The summed E-state index contributed by atoms with van der Waals surface area (Å²) < 4.78 is 17.0. The number of hydrogen-bond acceptors (Lipinski definition) is 6. The van der Waals surface area contributed by atoms with E-state index in [0.717, 1.165) is 116 Å². The predicted octanol–water partition coefficient (Wildman–Crippen LogP) is 24.8. The summed E-state index contributed by atoms with van der Waals surface area (Å²) in [5, 5.41) is 0. The Balaban J connectivity index is 4.23. The fourth-order valence-electron chi connectivity index (χ4n) is 10.6. The lowest BCUT2D eigenvalue weighted by molar-refractivity contribution is -0.167. The molecule has 82 heavy (non-hydrogen) atoms. The van der Waals surface area contributed by atoms with Gasteiger partial charge in [0, 0.05) is 19.3 Å². The molecule has 0 spiro atoms. The monoisotopic (exact) mass is 1150 g/mol. The zero-order valence-electron chi connectivity index (χ0n) is 54.8. The van der Waals surface area contributed by atoms with Crippen molar-refractivity contribution in [2.45, 2.75) is 380 Å². The molecule has 0 aromatic rings. The zero-order chi connectivity index (χ0) is 59.2. The van der Waals surface area contributed by atoms with E-state index >= 15 is 0 Å². The van der Waals surface area contributed by atoms with Gasteiger partial charge in [0.1, 0.15) is 13.2 Å². The Morgan fingerprint density at radius 3 is 0.768 bits per heavy atom. The van der Waals surface area contributed by atoms with Crippen molar-refractivity contribution in [1.82, 2.24) is 0 Å². The molecule has 0 radical (unpaired) electrons. The van der Waals surface area contributed by atoms with Gasteiger partial charge in [-0.3, -0.25) is 14.4 Å². The minimum Gasteiger partial charge on any atom is -0.462 e. The molecule has 0 aliphatic carbocycles. The van der Waals surface area contributed by atoms with Crippen LogP contribution in [-0.2, 0) is 28.6 Å². The van der Waals surface area contributed by atoms with Gasteiger partial charge in [-0.2, -0.15) is 0 Å². The molecule has 0 rings (SSSR count). The summed E-state index contributed by atoms with van der Waals surface area (Å²) in [6.45, 7) is 6.53. The van der Waals surface area contributed by atoms with E-state index < -0.39 is 6.10 Å². The third-order valence-electron chi connectivity index (χ3n) is 15.9. The van der Waals surface area contributed by atoms with Crippen LogP contribution in [0.1, 0.15) is 374 Å². The molecule has 6 nitrogen and oxygen atoms in total. The Labute approximate surface area is 510 Å². The predicted molar refractivity (Wildman–Crippen MR) is 358 cm³/mol. The van der Waals surface area contributed by atoms with Crippen LogP contribution in [0.15, 0.2) is 72.9 Å². The van der Waals surface area contributed by atoms with E-state index in [9.17, 15) is 14.4 Å². The number of rotatable bonds is 66. The third-order valence-corrected chi connectivity index (χ3v) is 15.9. The summed E-state index contributed by atoms with van der Waals surface area (Å²) >= 11 is 0. The minimum absolute atomic E-state index is 0.0829. The second-order valence-electron chi connectivity index (χ2n) is 24.1. The van der Waals surface area contributed by atoms with Gasteiger partial charge >= 0.3 is 17.9 Å². The first-order valence-corrected chi connectivity index (χ1v) is 35.9. The van der Waals surface area contributed by atoms with E-state index in [4.69, 9.17) is 14.2 Å². The standard InChI is InChI=1S/C76H136O6/c1-4-7-10-13-16-19-22-25-28-30-32-33-34-35-36-37-38-39-40-41-42-44-45-48-51-54-57-60-63-66-69-75(78)81-72-73(71-80-74(77)68-65-62-59-56-53-50-47-27-24-21-18-15-12-9-6-3)82-76(79)70-67-64-61-58-55-52-49-46-43-31-29-26-23-20-17-14-11-8-5-2/h8,11,17-18,20-21,26-27,29,43,46-47,73H,4-7,9-10,12-16,19,22-25,28,30-42,44-45,48-72H2,1-3H3/b11-8-,20-17-,21-18-,29-26-,46-43-,47-27-. The van der Waals surface area contributed by atoms with E-state index in [2.05, 4.69) is 93.7 Å². The molecule has 1 unspecified atom stereocenters. The summed E-state index contributed by atoms with van der Waals surface area (Å²) in [5.41, 5.74) is 0. The lowest BCUT2D eigenvalue weighted by Gasteiger charge is -2.18. The van der Waals surface area contributed by atoms with Crippen molar-refractivity contribution in [3.05, 3.63) is 72.9 Å². The normalized spacial score (nSPS) is 12.5. The highest BCUT2D eigenvalue weighted by Gasteiger charge is 2.19. The van der Waals surface area contributed by atoms with Gasteiger partial charge in [-0.05, 0) is 89.9 Å². The molecule has 0 saturated carbocycles. The number of hydrogen-bond donors (Lipinski definition) is 0. The van der Waals surface area contributed by atoms with E-state index in [0.29, 0.717) is 19.3 Å². The van der Waals surface area contributed by atoms with Crippen LogP contribution in [0.3, 0.4) is 0 Å². The second kappa shape index (κ2) is 70.3. The maximum absolute atomic E-state index is 12.9. The highest BCUT2D eigenvalue weighted by Crippen LogP contribution is 2.18. The molecule has 6 heteroatoms. The van der Waals surface area contributed by atoms with Crippen LogP contribution in [-0.4, -0.2) is 37.2 Å². The number of carbonyl (C=O) groups is 3. The molecule has 0 aliphatic heterocycles. The summed E-state index contributed by atoms with van der Waals surface area (Å²) in [6.07, 6.45) is 92.3. The average molecular weight is 1150 g/mol. The van der Waals surface area contributed by atoms with Crippen molar-refractivity contribution in [3.8, 4) is 0 Å². The molecule has 0 aromatic heterocycles. The van der Waals surface area contributed by atoms with Gasteiger partial charge in [0.25, 0.3) is 0 Å². The number of ether oxygens (including phenoxy) is 3. The number of esters is 3. The maximum atomic E-state index is 12.9. The smallest absolute Gasteiger partial charge is 0.306 e. The van der Waals surface area contributed by atoms with Crippen LogP contribution in [0, 0.1) is 0 Å². The number of allylic oxidation sites excluding steroid dienone is 12. The molecule has 0 heterocycles. The van der Waals surface area contributed by atoms with E-state index in [1.807, 2.05) is 0 Å². The van der Waals surface area contributed by atoms with Gasteiger partial charge in [-0.1, -0.05) is 338 Å². The highest BCUT2D eigenvalue weighted by molar-refractivity contribution is 5.71. The molecule has 476 valence electrons. The molecule has 0 fully saturated rings. The van der Waals surface area contributed by atoms with Gasteiger partial charge in [0.05, 0.1) is 0 Å². The zero-order valence-corrected chi connectivity index (χ0v) is 54.8.